The number of ether oxygens (including phenoxy) is 1. The van der Waals surface area contributed by atoms with Crippen LogP contribution in [0.4, 0.5) is 0 Å². The predicted molar refractivity (Wildman–Crippen MR) is 60.9 cm³/mol. The molecule has 4 heteroatoms. The molecule has 1 aromatic rings. The second kappa shape index (κ2) is 4.18. The molecule has 16 heavy (non-hydrogen) atoms. The number of nitrogens with two attached hydrogens (primary N) is 1. The van der Waals surface area contributed by atoms with Crippen LogP contribution in [0.25, 0.3) is 0 Å². The number of aromatic nitrogens is 2. The molecule has 2 aliphatic rings. The van der Waals surface area contributed by atoms with Crippen LogP contribution in [0.3, 0.4) is 0 Å². The summed E-state index contributed by atoms with van der Waals surface area (Å²) in [6, 6.07) is 0. The maximum atomic E-state index is 6.17. The van der Waals surface area contributed by atoms with Gasteiger partial charge in [-0.15, -0.1) is 0 Å². The van der Waals surface area contributed by atoms with Crippen LogP contribution in [0.15, 0.2) is 6.20 Å². The third-order valence-corrected chi connectivity index (χ3v) is 3.63. The molecule has 0 spiro atoms. The number of rotatable bonds is 1. The molecule has 2 N–H and O–H groups in total. The van der Waals surface area contributed by atoms with Crippen molar-refractivity contribution in [2.24, 2.45) is 5.73 Å². The van der Waals surface area contributed by atoms with E-state index in [1.165, 1.54) is 25.0 Å². The van der Waals surface area contributed by atoms with Gasteiger partial charge in [0.25, 0.3) is 0 Å². The summed E-state index contributed by atoms with van der Waals surface area (Å²) in [5.74, 6) is 1.06. The number of hydrogen-bond donors (Lipinski definition) is 1. The van der Waals surface area contributed by atoms with Crippen LogP contribution in [0, 0.1) is 0 Å². The van der Waals surface area contributed by atoms with E-state index in [-0.39, 0.29) is 12.3 Å². The molecule has 0 saturated carbocycles. The van der Waals surface area contributed by atoms with Crippen LogP contribution >= 0.6 is 0 Å². The standard InChI is InChI=1S/C12H19N3O/c13-11-6-3-4-9-8-14-12(15(9)11)10-5-1-2-7-16-10/h8,10-11H,1-7,13H2. The third-order valence-electron chi connectivity index (χ3n) is 3.63. The summed E-state index contributed by atoms with van der Waals surface area (Å²) in [5.41, 5.74) is 7.45. The van der Waals surface area contributed by atoms with Gasteiger partial charge in [0.2, 0.25) is 0 Å². The molecular weight excluding hydrogens is 202 g/mol. The highest BCUT2D eigenvalue weighted by Gasteiger charge is 2.26. The quantitative estimate of drug-likeness (QED) is 0.788. The molecule has 0 radical (unpaired) electrons. The Bertz CT molecular complexity index is 368. The van der Waals surface area contributed by atoms with Crippen molar-refractivity contribution in [1.29, 1.82) is 0 Å². The van der Waals surface area contributed by atoms with E-state index in [2.05, 4.69) is 9.55 Å². The van der Waals surface area contributed by atoms with Crippen LogP contribution in [0.5, 0.6) is 0 Å². The Hall–Kier alpha value is -0.870. The molecule has 4 nitrogen and oxygen atoms in total. The highest BCUT2D eigenvalue weighted by molar-refractivity contribution is 5.12. The van der Waals surface area contributed by atoms with Gasteiger partial charge in [0.15, 0.2) is 0 Å². The van der Waals surface area contributed by atoms with E-state index >= 15 is 0 Å². The topological polar surface area (TPSA) is 53.1 Å². The fourth-order valence-corrected chi connectivity index (χ4v) is 2.78. The predicted octanol–water partition coefficient (Wildman–Crippen LogP) is 1.92. The summed E-state index contributed by atoms with van der Waals surface area (Å²) in [6.45, 7) is 0.863. The summed E-state index contributed by atoms with van der Waals surface area (Å²) in [7, 11) is 0. The molecule has 2 atom stereocenters. The van der Waals surface area contributed by atoms with Gasteiger partial charge in [0, 0.05) is 18.5 Å². The number of imidazole rings is 1. The number of nitrogens with zero attached hydrogens (tertiary/aromatic N) is 2. The molecular formula is C12H19N3O. The fraction of sp³-hybridized carbons (Fsp3) is 0.750. The first-order chi connectivity index (χ1) is 7.86. The van der Waals surface area contributed by atoms with E-state index in [9.17, 15) is 0 Å². The first-order valence-electron chi connectivity index (χ1n) is 6.29. The summed E-state index contributed by atoms with van der Waals surface area (Å²) < 4.78 is 8.01. The van der Waals surface area contributed by atoms with Crippen molar-refractivity contribution >= 4 is 0 Å². The van der Waals surface area contributed by atoms with Gasteiger partial charge in [0.05, 0.1) is 6.17 Å². The van der Waals surface area contributed by atoms with E-state index < -0.39 is 0 Å². The lowest BCUT2D eigenvalue weighted by Gasteiger charge is -2.28. The molecule has 3 heterocycles. The Morgan fingerprint density at radius 2 is 2.25 bits per heavy atom. The van der Waals surface area contributed by atoms with Crippen molar-refractivity contribution in [3.05, 3.63) is 17.7 Å². The molecule has 0 amide bonds. The highest BCUT2D eigenvalue weighted by atomic mass is 16.5. The molecule has 2 unspecified atom stereocenters. The number of aryl methyl sites for hydroxylation is 1. The van der Waals surface area contributed by atoms with Gasteiger partial charge in [-0.3, -0.25) is 0 Å². The minimum atomic E-state index is 0.103. The largest absolute Gasteiger partial charge is 0.370 e. The minimum Gasteiger partial charge on any atom is -0.370 e. The zero-order chi connectivity index (χ0) is 11.0. The van der Waals surface area contributed by atoms with Crippen LogP contribution in [0.2, 0.25) is 0 Å². The summed E-state index contributed by atoms with van der Waals surface area (Å²) in [4.78, 5) is 4.53. The van der Waals surface area contributed by atoms with Gasteiger partial charge in [-0.05, 0) is 38.5 Å². The van der Waals surface area contributed by atoms with E-state index in [1.807, 2.05) is 6.20 Å². The Kier molecular flexibility index (Phi) is 2.69. The smallest absolute Gasteiger partial charge is 0.139 e. The van der Waals surface area contributed by atoms with Gasteiger partial charge in [-0.25, -0.2) is 4.98 Å². The first-order valence-corrected chi connectivity index (χ1v) is 6.29. The molecule has 0 aromatic carbocycles. The van der Waals surface area contributed by atoms with Crippen molar-refractivity contribution < 1.29 is 4.74 Å². The zero-order valence-corrected chi connectivity index (χ0v) is 9.56. The molecule has 1 fully saturated rings. The van der Waals surface area contributed by atoms with Crippen molar-refractivity contribution in [3.63, 3.8) is 0 Å². The average molecular weight is 221 g/mol. The lowest BCUT2D eigenvalue weighted by atomic mass is 10.1. The summed E-state index contributed by atoms with van der Waals surface area (Å²) in [5, 5.41) is 0. The summed E-state index contributed by atoms with van der Waals surface area (Å²) >= 11 is 0. The van der Waals surface area contributed by atoms with E-state index in [1.54, 1.807) is 0 Å². The van der Waals surface area contributed by atoms with Crippen LogP contribution < -0.4 is 5.73 Å². The number of hydrogen-bond acceptors (Lipinski definition) is 3. The van der Waals surface area contributed by atoms with Crippen LogP contribution in [0.1, 0.15) is 55.9 Å². The van der Waals surface area contributed by atoms with Crippen molar-refractivity contribution in [2.45, 2.75) is 50.8 Å². The maximum Gasteiger partial charge on any atom is 0.139 e. The summed E-state index contributed by atoms with van der Waals surface area (Å²) in [6.07, 6.45) is 9.10. The van der Waals surface area contributed by atoms with Gasteiger partial charge < -0.3 is 15.0 Å². The van der Waals surface area contributed by atoms with Crippen LogP contribution in [-0.2, 0) is 11.2 Å². The second-order valence-corrected chi connectivity index (χ2v) is 4.79. The Morgan fingerprint density at radius 1 is 1.31 bits per heavy atom. The molecule has 88 valence electrons. The Morgan fingerprint density at radius 3 is 3.06 bits per heavy atom. The van der Waals surface area contributed by atoms with E-state index in [4.69, 9.17) is 10.5 Å². The first kappa shape index (κ1) is 10.3. The molecule has 1 aromatic heterocycles. The Labute approximate surface area is 95.8 Å². The van der Waals surface area contributed by atoms with E-state index in [0.717, 1.165) is 31.7 Å². The molecule has 1 saturated heterocycles. The zero-order valence-electron chi connectivity index (χ0n) is 9.56. The monoisotopic (exact) mass is 221 g/mol. The SMILES string of the molecule is NC1CCCc2cnc(C3CCCCO3)n21. The van der Waals surface area contributed by atoms with Gasteiger partial charge in [-0.1, -0.05) is 0 Å². The second-order valence-electron chi connectivity index (χ2n) is 4.79. The molecule has 0 bridgehead atoms. The average Bonchev–Trinajstić information content (AvgIpc) is 2.75. The van der Waals surface area contributed by atoms with Crippen molar-refractivity contribution in [3.8, 4) is 0 Å². The highest BCUT2D eigenvalue weighted by Crippen LogP contribution is 2.31. The van der Waals surface area contributed by atoms with Gasteiger partial charge in [-0.2, -0.15) is 0 Å². The van der Waals surface area contributed by atoms with Gasteiger partial charge >= 0.3 is 0 Å². The lowest BCUT2D eigenvalue weighted by Crippen LogP contribution is -2.28. The third kappa shape index (κ3) is 1.66. The molecule has 0 aliphatic carbocycles. The maximum absolute atomic E-state index is 6.17. The van der Waals surface area contributed by atoms with Crippen molar-refractivity contribution in [1.82, 2.24) is 9.55 Å². The minimum absolute atomic E-state index is 0.103. The fourth-order valence-electron chi connectivity index (χ4n) is 2.78. The van der Waals surface area contributed by atoms with Crippen LogP contribution in [-0.4, -0.2) is 16.2 Å². The lowest BCUT2D eigenvalue weighted by molar-refractivity contribution is 0.00599. The Balaban J connectivity index is 1.91. The molecule has 3 rings (SSSR count). The van der Waals surface area contributed by atoms with E-state index in [0.29, 0.717) is 0 Å². The normalized spacial score (nSPS) is 30.1. The molecule has 2 aliphatic heterocycles. The van der Waals surface area contributed by atoms with Gasteiger partial charge in [0.1, 0.15) is 11.9 Å². The van der Waals surface area contributed by atoms with Crippen molar-refractivity contribution in [2.75, 3.05) is 6.61 Å². The number of fused-ring (bicyclic) bond motifs is 1.